The van der Waals surface area contributed by atoms with Crippen molar-refractivity contribution in [3.05, 3.63) is 29.8 Å². The molecule has 3 N–H and O–H groups in total. The maximum Gasteiger partial charge on any atom is 0.260 e. The number of hydrogen-bond donors (Lipinski definition) is 2. The van der Waals surface area contributed by atoms with Crippen LogP contribution in [0.15, 0.2) is 34.2 Å². The van der Waals surface area contributed by atoms with E-state index >= 15 is 0 Å². The quantitative estimate of drug-likeness (QED) is 0.604. The first-order valence-electron chi connectivity index (χ1n) is 5.84. The van der Waals surface area contributed by atoms with E-state index in [1.54, 1.807) is 6.92 Å². The molecular weight excluding hydrogens is 318 g/mol. The van der Waals surface area contributed by atoms with Crippen LogP contribution in [0.5, 0.6) is 0 Å². The smallest absolute Gasteiger partial charge is 0.260 e. The van der Waals surface area contributed by atoms with Crippen LogP contribution in [-0.2, 0) is 9.84 Å². The average molecular weight is 336 g/mol. The Kier molecular flexibility index (Phi) is 7.34. The second-order valence-electron chi connectivity index (χ2n) is 4.01. The molecule has 1 amide bonds. The molecule has 0 spiro atoms. The number of aliphatic hydroxyl groups excluding tert-OH is 1. The van der Waals surface area contributed by atoms with Gasteiger partial charge >= 0.3 is 0 Å². The lowest BCUT2D eigenvalue weighted by atomic mass is 10.2. The van der Waals surface area contributed by atoms with Crippen molar-refractivity contribution in [3.63, 3.8) is 0 Å². The Morgan fingerprint density at radius 2 is 2.05 bits per heavy atom. The van der Waals surface area contributed by atoms with Crippen LogP contribution in [0, 0.1) is 0 Å². The molecule has 0 saturated heterocycles. The number of hydrogen-bond acceptors (Lipinski definition) is 5. The Balaban J connectivity index is 0.00000400. The van der Waals surface area contributed by atoms with E-state index in [1.807, 2.05) is 0 Å². The summed E-state index contributed by atoms with van der Waals surface area (Å²) in [6.07, 6.45) is 1.07. The predicted molar refractivity (Wildman–Crippen MR) is 82.2 cm³/mol. The molecular formula is C12H18ClN3O4S. The number of aliphatic hydroxyl groups is 1. The summed E-state index contributed by atoms with van der Waals surface area (Å²) in [6.45, 7) is 1.41. The standard InChI is InChI=1S/C12H17N3O4S.ClH/c1-3-15(12(13)14-8-16)11(17)9-5-4-6-10(7-9)20(2,18)19;/h4-7,16H,3,8H2,1-2H3,(H2,13,14);1H. The van der Waals surface area contributed by atoms with Crippen LogP contribution in [0.2, 0.25) is 0 Å². The largest absolute Gasteiger partial charge is 0.374 e. The Labute approximate surface area is 129 Å². The maximum absolute atomic E-state index is 12.3. The summed E-state index contributed by atoms with van der Waals surface area (Å²) in [5, 5.41) is 8.70. The summed E-state index contributed by atoms with van der Waals surface area (Å²) in [5.74, 6) is -0.600. The molecule has 7 nitrogen and oxygen atoms in total. The second-order valence-corrected chi connectivity index (χ2v) is 6.02. The lowest BCUT2D eigenvalue weighted by Crippen LogP contribution is -2.42. The predicted octanol–water partition coefficient (Wildman–Crippen LogP) is 0.239. The molecule has 1 aromatic carbocycles. The van der Waals surface area contributed by atoms with E-state index in [9.17, 15) is 13.2 Å². The topological polar surface area (TPSA) is 113 Å². The Morgan fingerprint density at radius 1 is 1.43 bits per heavy atom. The van der Waals surface area contributed by atoms with Crippen molar-refractivity contribution in [1.29, 1.82) is 0 Å². The summed E-state index contributed by atoms with van der Waals surface area (Å²) in [7, 11) is -3.39. The van der Waals surface area contributed by atoms with Gasteiger partial charge in [0.1, 0.15) is 6.73 Å². The summed E-state index contributed by atoms with van der Waals surface area (Å²) in [6, 6.07) is 5.67. The van der Waals surface area contributed by atoms with Crippen LogP contribution < -0.4 is 5.73 Å². The van der Waals surface area contributed by atoms with Gasteiger partial charge in [-0.1, -0.05) is 6.07 Å². The molecule has 0 aliphatic rings. The number of guanidine groups is 1. The lowest BCUT2D eigenvalue weighted by molar-refractivity contribution is 0.0850. The first-order chi connectivity index (χ1) is 9.31. The van der Waals surface area contributed by atoms with Crippen LogP contribution >= 0.6 is 12.4 Å². The molecule has 0 saturated carbocycles. The SMILES string of the molecule is CCN(C(=O)c1cccc(S(C)(=O)=O)c1)/C(N)=N/CO.Cl. The first-order valence-corrected chi connectivity index (χ1v) is 7.73. The van der Waals surface area contributed by atoms with E-state index in [0.717, 1.165) is 11.2 Å². The van der Waals surface area contributed by atoms with E-state index in [4.69, 9.17) is 10.8 Å². The van der Waals surface area contributed by atoms with Crippen LogP contribution in [0.25, 0.3) is 0 Å². The third-order valence-corrected chi connectivity index (χ3v) is 3.69. The molecule has 0 fully saturated rings. The number of amides is 1. The van der Waals surface area contributed by atoms with Crippen molar-refractivity contribution >= 4 is 34.1 Å². The number of carbonyl (C=O) groups excluding carboxylic acids is 1. The van der Waals surface area contributed by atoms with E-state index < -0.39 is 22.5 Å². The van der Waals surface area contributed by atoms with Crippen molar-refractivity contribution in [3.8, 4) is 0 Å². The minimum Gasteiger partial charge on any atom is -0.374 e. The van der Waals surface area contributed by atoms with Crippen molar-refractivity contribution in [2.24, 2.45) is 10.7 Å². The minimum absolute atomic E-state index is 0. The number of nitrogens with two attached hydrogens (primary N) is 1. The number of carbonyl (C=O) groups is 1. The maximum atomic E-state index is 12.3. The van der Waals surface area contributed by atoms with Gasteiger partial charge in [0.15, 0.2) is 9.84 Å². The van der Waals surface area contributed by atoms with Crippen LogP contribution in [-0.4, -0.2) is 49.8 Å². The molecule has 0 atom stereocenters. The van der Waals surface area contributed by atoms with Crippen LogP contribution in [0.4, 0.5) is 0 Å². The zero-order valence-corrected chi connectivity index (χ0v) is 13.3. The summed E-state index contributed by atoms with van der Waals surface area (Å²) in [5.41, 5.74) is 5.76. The van der Waals surface area contributed by atoms with E-state index in [-0.39, 0.29) is 35.4 Å². The van der Waals surface area contributed by atoms with Gasteiger partial charge < -0.3 is 10.8 Å². The van der Waals surface area contributed by atoms with Gasteiger partial charge in [-0.2, -0.15) is 0 Å². The normalized spacial score (nSPS) is 11.7. The van der Waals surface area contributed by atoms with Gasteiger partial charge in [0.05, 0.1) is 4.90 Å². The van der Waals surface area contributed by atoms with Crippen molar-refractivity contribution < 1.29 is 18.3 Å². The fourth-order valence-electron chi connectivity index (χ4n) is 1.58. The van der Waals surface area contributed by atoms with Gasteiger partial charge in [-0.15, -0.1) is 12.4 Å². The zero-order chi connectivity index (χ0) is 15.3. The Morgan fingerprint density at radius 3 is 2.52 bits per heavy atom. The highest BCUT2D eigenvalue weighted by molar-refractivity contribution is 7.90. The molecule has 0 bridgehead atoms. The number of aliphatic imine (C=N–C) groups is 1. The third kappa shape index (κ3) is 5.00. The molecule has 1 aromatic rings. The van der Waals surface area contributed by atoms with Crippen LogP contribution in [0.1, 0.15) is 17.3 Å². The number of sulfone groups is 1. The van der Waals surface area contributed by atoms with E-state index in [2.05, 4.69) is 4.99 Å². The summed E-state index contributed by atoms with van der Waals surface area (Å²) < 4.78 is 23.0. The van der Waals surface area contributed by atoms with Crippen molar-refractivity contribution in [1.82, 2.24) is 4.90 Å². The van der Waals surface area contributed by atoms with Gasteiger partial charge in [0.2, 0.25) is 5.96 Å². The van der Waals surface area contributed by atoms with Gasteiger partial charge in [0, 0.05) is 18.4 Å². The fraction of sp³-hybridized carbons (Fsp3) is 0.333. The molecule has 0 radical (unpaired) electrons. The lowest BCUT2D eigenvalue weighted by Gasteiger charge is -2.19. The van der Waals surface area contributed by atoms with Crippen LogP contribution in [0.3, 0.4) is 0 Å². The highest BCUT2D eigenvalue weighted by Crippen LogP contribution is 2.13. The molecule has 0 aliphatic heterocycles. The van der Waals surface area contributed by atoms with E-state index in [1.165, 1.54) is 24.3 Å². The molecule has 118 valence electrons. The highest BCUT2D eigenvalue weighted by Gasteiger charge is 2.19. The minimum atomic E-state index is -3.39. The van der Waals surface area contributed by atoms with Gasteiger partial charge in [-0.3, -0.25) is 9.69 Å². The van der Waals surface area contributed by atoms with Crippen molar-refractivity contribution in [2.45, 2.75) is 11.8 Å². The molecule has 9 heteroatoms. The molecule has 21 heavy (non-hydrogen) atoms. The van der Waals surface area contributed by atoms with E-state index in [0.29, 0.717) is 0 Å². The third-order valence-electron chi connectivity index (χ3n) is 2.58. The molecule has 0 aliphatic carbocycles. The molecule has 0 unspecified atom stereocenters. The van der Waals surface area contributed by atoms with Gasteiger partial charge in [-0.05, 0) is 25.1 Å². The number of rotatable bonds is 4. The molecule has 0 aromatic heterocycles. The zero-order valence-electron chi connectivity index (χ0n) is 11.7. The second kappa shape index (κ2) is 7.96. The number of nitrogens with zero attached hydrogens (tertiary/aromatic N) is 2. The number of benzene rings is 1. The summed E-state index contributed by atoms with van der Waals surface area (Å²) >= 11 is 0. The average Bonchev–Trinajstić information content (AvgIpc) is 2.39. The Bertz CT molecular complexity index is 631. The first kappa shape index (κ1) is 19.4. The Hall–Kier alpha value is -1.64. The van der Waals surface area contributed by atoms with Gasteiger partial charge in [-0.25, -0.2) is 13.4 Å². The fourth-order valence-corrected chi connectivity index (χ4v) is 2.25. The highest BCUT2D eigenvalue weighted by atomic mass is 35.5. The van der Waals surface area contributed by atoms with Crippen molar-refractivity contribution in [2.75, 3.05) is 19.5 Å². The summed E-state index contributed by atoms with van der Waals surface area (Å²) in [4.78, 5) is 17.0. The molecule has 1 rings (SSSR count). The number of halogens is 1. The monoisotopic (exact) mass is 335 g/mol. The van der Waals surface area contributed by atoms with Gasteiger partial charge in [0.25, 0.3) is 5.91 Å². The molecule has 0 heterocycles.